The fraction of sp³-hybridized carbons (Fsp3) is 0.824. The highest BCUT2D eigenvalue weighted by Gasteiger charge is 2.21. The first-order chi connectivity index (χ1) is 9.18. The lowest BCUT2D eigenvalue weighted by Gasteiger charge is -2.25. The summed E-state index contributed by atoms with van der Waals surface area (Å²) in [5, 5.41) is 10.2. The second kappa shape index (κ2) is 12.4. The van der Waals surface area contributed by atoms with Gasteiger partial charge in [-0.2, -0.15) is 0 Å². The highest BCUT2D eigenvalue weighted by atomic mass is 16.3. The van der Waals surface area contributed by atoms with Crippen LogP contribution in [0, 0.1) is 0 Å². The van der Waals surface area contributed by atoms with E-state index in [1.165, 1.54) is 38.5 Å². The maximum absolute atomic E-state index is 10.2. The summed E-state index contributed by atoms with van der Waals surface area (Å²) >= 11 is 0. The number of carbonyl (C=O) groups excluding carboxylic acids is 1. The summed E-state index contributed by atoms with van der Waals surface area (Å²) in [6, 6.07) is 0. The van der Waals surface area contributed by atoms with Crippen molar-refractivity contribution in [2.24, 2.45) is 0 Å². The molecule has 0 aromatic rings. The summed E-state index contributed by atoms with van der Waals surface area (Å²) < 4.78 is 0. The molecule has 0 fully saturated rings. The van der Waals surface area contributed by atoms with Gasteiger partial charge in [-0.1, -0.05) is 57.9 Å². The molecule has 0 aliphatic carbocycles. The predicted octanol–water partition coefficient (Wildman–Crippen LogP) is 4.80. The molecule has 0 spiro atoms. The molecule has 112 valence electrons. The number of carbonyl (C=O) groups is 1. The van der Waals surface area contributed by atoms with E-state index in [4.69, 9.17) is 0 Å². The molecule has 2 nitrogen and oxygen atoms in total. The molecule has 0 saturated carbocycles. The minimum atomic E-state index is -0.517. The van der Waals surface area contributed by atoms with Crippen LogP contribution in [0.2, 0.25) is 0 Å². The second-order valence-corrected chi connectivity index (χ2v) is 5.60. The summed E-state index contributed by atoms with van der Waals surface area (Å²) in [6.45, 7) is 5.76. The standard InChI is InChI=1S/C17H32O2/c1-3-14-17(19,4-2)15-12-10-8-6-5-7-9-11-13-16-18/h3,16,19H,1,4-15H2,2H3. The molecule has 0 aromatic carbocycles. The lowest BCUT2D eigenvalue weighted by molar-refractivity contribution is -0.107. The van der Waals surface area contributed by atoms with Crippen LogP contribution in [0.4, 0.5) is 0 Å². The second-order valence-electron chi connectivity index (χ2n) is 5.60. The van der Waals surface area contributed by atoms with Gasteiger partial charge in [0.25, 0.3) is 0 Å². The van der Waals surface area contributed by atoms with Crippen molar-refractivity contribution in [3.8, 4) is 0 Å². The van der Waals surface area contributed by atoms with Crippen LogP contribution in [0.3, 0.4) is 0 Å². The summed E-state index contributed by atoms with van der Waals surface area (Å²) in [7, 11) is 0. The Bertz CT molecular complexity index is 225. The molecule has 19 heavy (non-hydrogen) atoms. The first kappa shape index (κ1) is 18.4. The minimum absolute atomic E-state index is 0.517. The Morgan fingerprint density at radius 1 is 1.00 bits per heavy atom. The third-order valence-corrected chi connectivity index (χ3v) is 3.90. The van der Waals surface area contributed by atoms with Crippen molar-refractivity contribution < 1.29 is 9.90 Å². The van der Waals surface area contributed by atoms with Gasteiger partial charge in [-0.05, 0) is 25.7 Å². The fourth-order valence-corrected chi connectivity index (χ4v) is 2.43. The maximum atomic E-state index is 10.2. The maximum Gasteiger partial charge on any atom is 0.119 e. The van der Waals surface area contributed by atoms with Crippen LogP contribution >= 0.6 is 0 Å². The molecule has 0 amide bonds. The minimum Gasteiger partial charge on any atom is -0.390 e. The fourth-order valence-electron chi connectivity index (χ4n) is 2.43. The molecule has 0 rings (SSSR count). The summed E-state index contributed by atoms with van der Waals surface area (Å²) in [6.07, 6.45) is 15.6. The first-order valence-corrected chi connectivity index (χ1v) is 7.95. The zero-order valence-corrected chi connectivity index (χ0v) is 12.7. The van der Waals surface area contributed by atoms with Gasteiger partial charge in [0.1, 0.15) is 6.29 Å². The smallest absolute Gasteiger partial charge is 0.119 e. The molecule has 0 aromatic heterocycles. The van der Waals surface area contributed by atoms with E-state index < -0.39 is 5.60 Å². The number of unbranched alkanes of at least 4 members (excludes halogenated alkanes) is 8. The predicted molar refractivity (Wildman–Crippen MR) is 82.3 cm³/mol. The summed E-state index contributed by atoms with van der Waals surface area (Å²) in [4.78, 5) is 10.1. The van der Waals surface area contributed by atoms with Crippen molar-refractivity contribution in [1.82, 2.24) is 0 Å². The Labute approximate surface area is 119 Å². The average Bonchev–Trinajstić information content (AvgIpc) is 2.41. The number of aldehydes is 1. The van der Waals surface area contributed by atoms with Crippen molar-refractivity contribution >= 4 is 6.29 Å². The van der Waals surface area contributed by atoms with Gasteiger partial charge in [0.05, 0.1) is 5.60 Å². The third kappa shape index (κ3) is 10.9. The van der Waals surface area contributed by atoms with E-state index in [1.54, 1.807) is 0 Å². The van der Waals surface area contributed by atoms with Gasteiger partial charge in [0.2, 0.25) is 0 Å². The van der Waals surface area contributed by atoms with Gasteiger partial charge < -0.3 is 9.90 Å². The molecule has 0 aliphatic heterocycles. The summed E-state index contributed by atoms with van der Waals surface area (Å²) in [5.74, 6) is 0. The SMILES string of the molecule is C=CCC(O)(CC)CCCCCCCCCCC=O. The van der Waals surface area contributed by atoms with Crippen LogP contribution in [0.5, 0.6) is 0 Å². The third-order valence-electron chi connectivity index (χ3n) is 3.90. The van der Waals surface area contributed by atoms with Gasteiger partial charge in [-0.25, -0.2) is 0 Å². The van der Waals surface area contributed by atoms with Crippen molar-refractivity contribution in [1.29, 1.82) is 0 Å². The van der Waals surface area contributed by atoms with Gasteiger partial charge >= 0.3 is 0 Å². The van der Waals surface area contributed by atoms with Gasteiger partial charge in [-0.3, -0.25) is 0 Å². The largest absolute Gasteiger partial charge is 0.390 e. The van der Waals surface area contributed by atoms with E-state index in [0.717, 1.165) is 38.4 Å². The number of hydrogen-bond acceptors (Lipinski definition) is 2. The molecule has 1 N–H and O–H groups in total. The molecular formula is C17H32O2. The van der Waals surface area contributed by atoms with Gasteiger partial charge in [0.15, 0.2) is 0 Å². The van der Waals surface area contributed by atoms with Crippen molar-refractivity contribution in [3.63, 3.8) is 0 Å². The van der Waals surface area contributed by atoms with E-state index in [-0.39, 0.29) is 0 Å². The van der Waals surface area contributed by atoms with Crippen LogP contribution < -0.4 is 0 Å². The zero-order chi connectivity index (χ0) is 14.4. The molecule has 2 heteroatoms. The topological polar surface area (TPSA) is 37.3 Å². The van der Waals surface area contributed by atoms with E-state index in [2.05, 4.69) is 6.58 Å². The Morgan fingerprint density at radius 2 is 1.53 bits per heavy atom. The lowest BCUT2D eigenvalue weighted by Crippen LogP contribution is -2.26. The molecule has 0 aliphatic rings. The van der Waals surface area contributed by atoms with Crippen LogP contribution in [0.1, 0.15) is 84.0 Å². The highest BCUT2D eigenvalue weighted by molar-refractivity contribution is 5.48. The van der Waals surface area contributed by atoms with Crippen molar-refractivity contribution in [2.75, 3.05) is 0 Å². The van der Waals surface area contributed by atoms with E-state index in [0.29, 0.717) is 6.42 Å². The molecule has 0 bridgehead atoms. The Balaban J connectivity index is 3.34. The van der Waals surface area contributed by atoms with E-state index >= 15 is 0 Å². The monoisotopic (exact) mass is 268 g/mol. The quantitative estimate of drug-likeness (QED) is 0.279. The number of aliphatic hydroxyl groups is 1. The van der Waals surface area contributed by atoms with Crippen molar-refractivity contribution in [2.45, 2.75) is 89.6 Å². The number of hydrogen-bond donors (Lipinski definition) is 1. The average molecular weight is 268 g/mol. The molecule has 0 radical (unpaired) electrons. The Morgan fingerprint density at radius 3 is 2.00 bits per heavy atom. The Hall–Kier alpha value is -0.630. The van der Waals surface area contributed by atoms with Crippen LogP contribution in [0.15, 0.2) is 12.7 Å². The van der Waals surface area contributed by atoms with E-state index in [1.807, 2.05) is 13.0 Å². The highest BCUT2D eigenvalue weighted by Crippen LogP contribution is 2.23. The van der Waals surface area contributed by atoms with Gasteiger partial charge in [0, 0.05) is 6.42 Å². The van der Waals surface area contributed by atoms with E-state index in [9.17, 15) is 9.90 Å². The first-order valence-electron chi connectivity index (χ1n) is 7.95. The lowest BCUT2D eigenvalue weighted by atomic mass is 9.90. The Kier molecular flexibility index (Phi) is 12.0. The van der Waals surface area contributed by atoms with Crippen LogP contribution in [0.25, 0.3) is 0 Å². The normalized spacial score (nSPS) is 14.0. The molecular weight excluding hydrogens is 236 g/mol. The molecule has 1 unspecified atom stereocenters. The zero-order valence-electron chi connectivity index (χ0n) is 12.7. The van der Waals surface area contributed by atoms with Crippen molar-refractivity contribution in [3.05, 3.63) is 12.7 Å². The van der Waals surface area contributed by atoms with Gasteiger partial charge in [-0.15, -0.1) is 6.58 Å². The van der Waals surface area contributed by atoms with Crippen LogP contribution in [-0.4, -0.2) is 17.0 Å². The number of rotatable bonds is 14. The molecule has 0 saturated heterocycles. The molecule has 0 heterocycles. The van der Waals surface area contributed by atoms with Crippen LogP contribution in [-0.2, 0) is 4.79 Å². The molecule has 1 atom stereocenters. The summed E-state index contributed by atoms with van der Waals surface area (Å²) in [5.41, 5.74) is -0.517.